The van der Waals surface area contributed by atoms with Crippen molar-refractivity contribution in [1.82, 2.24) is 0 Å². The second kappa shape index (κ2) is 8.24. The summed E-state index contributed by atoms with van der Waals surface area (Å²) in [5.74, 6) is 1.37. The maximum atomic E-state index is 6.22. The highest BCUT2D eigenvalue weighted by molar-refractivity contribution is 6.43. The molecule has 2 aliphatic rings. The van der Waals surface area contributed by atoms with Gasteiger partial charge in [-0.2, -0.15) is 0 Å². The predicted molar refractivity (Wildman–Crippen MR) is 94.0 cm³/mol. The molecule has 1 aromatic rings. The van der Waals surface area contributed by atoms with Crippen molar-refractivity contribution in [3.63, 3.8) is 0 Å². The van der Waals surface area contributed by atoms with Gasteiger partial charge in [-0.05, 0) is 31.4 Å². The smallest absolute Gasteiger partial charge is 0.162 e. The molecule has 24 heavy (non-hydrogen) atoms. The van der Waals surface area contributed by atoms with Crippen LogP contribution in [0.4, 0.5) is 0 Å². The number of rotatable bonds is 4. The van der Waals surface area contributed by atoms with E-state index in [1.54, 1.807) is 0 Å². The molecule has 0 amide bonds. The van der Waals surface area contributed by atoms with Crippen molar-refractivity contribution in [1.29, 1.82) is 0 Å². The fraction of sp³-hybridized carbons (Fsp3) is 0.667. The van der Waals surface area contributed by atoms with Gasteiger partial charge in [0.05, 0.1) is 30.9 Å². The van der Waals surface area contributed by atoms with Crippen LogP contribution in [-0.2, 0) is 14.2 Å². The fourth-order valence-electron chi connectivity index (χ4n) is 2.98. The number of benzene rings is 1. The van der Waals surface area contributed by atoms with Crippen molar-refractivity contribution in [2.75, 3.05) is 26.4 Å². The molecular weight excluding hydrogens is 351 g/mol. The molecule has 3 rings (SSSR count). The summed E-state index contributed by atoms with van der Waals surface area (Å²) < 4.78 is 23.3. The third-order valence-corrected chi connectivity index (χ3v) is 5.50. The van der Waals surface area contributed by atoms with Crippen molar-refractivity contribution in [2.45, 2.75) is 39.1 Å². The minimum absolute atomic E-state index is 0.0555. The van der Waals surface area contributed by atoms with Crippen LogP contribution in [0.5, 0.6) is 5.75 Å². The monoisotopic (exact) mass is 374 g/mol. The van der Waals surface area contributed by atoms with Gasteiger partial charge >= 0.3 is 0 Å². The van der Waals surface area contributed by atoms with Crippen LogP contribution in [0.15, 0.2) is 12.1 Å². The standard InChI is InChI=1S/C18H24Cl2O4/c1-11-7-23-18(24-8-11)13-4-5-14(21-9-13)10-22-15-6-3-12(2)16(19)17(15)20/h3,6,11,13-14,18H,4-5,7-10H2,1-2H3/t11?,13?,14-,18?/m0/s1. The van der Waals surface area contributed by atoms with Crippen molar-refractivity contribution in [2.24, 2.45) is 11.8 Å². The summed E-state index contributed by atoms with van der Waals surface area (Å²) in [5.41, 5.74) is 0.938. The zero-order valence-electron chi connectivity index (χ0n) is 14.1. The van der Waals surface area contributed by atoms with Gasteiger partial charge in [-0.1, -0.05) is 36.2 Å². The van der Waals surface area contributed by atoms with E-state index in [0.717, 1.165) is 31.6 Å². The summed E-state index contributed by atoms with van der Waals surface area (Å²) in [6, 6.07) is 3.75. The number of halogens is 2. The number of aryl methyl sites for hydroxylation is 1. The first-order chi connectivity index (χ1) is 11.5. The third kappa shape index (κ3) is 4.36. The normalized spacial score (nSPS) is 31.0. The molecule has 1 unspecified atom stereocenters. The summed E-state index contributed by atoms with van der Waals surface area (Å²) in [7, 11) is 0. The Kier molecular flexibility index (Phi) is 6.27. The van der Waals surface area contributed by atoms with E-state index in [1.165, 1.54) is 0 Å². The van der Waals surface area contributed by atoms with Crippen molar-refractivity contribution in [3.8, 4) is 5.75 Å². The average Bonchev–Trinajstić information content (AvgIpc) is 2.60. The number of hydrogen-bond donors (Lipinski definition) is 0. The Bertz CT molecular complexity index is 550. The zero-order chi connectivity index (χ0) is 17.1. The summed E-state index contributed by atoms with van der Waals surface area (Å²) >= 11 is 12.4. The van der Waals surface area contributed by atoms with Crippen LogP contribution in [0.1, 0.15) is 25.3 Å². The highest BCUT2D eigenvalue weighted by Crippen LogP contribution is 2.35. The van der Waals surface area contributed by atoms with Crippen molar-refractivity contribution < 1.29 is 18.9 Å². The molecule has 2 aliphatic heterocycles. The lowest BCUT2D eigenvalue weighted by atomic mass is 9.97. The molecule has 2 saturated heterocycles. The minimum Gasteiger partial charge on any atom is -0.489 e. The van der Waals surface area contributed by atoms with E-state index in [-0.39, 0.29) is 12.4 Å². The van der Waals surface area contributed by atoms with E-state index in [1.807, 2.05) is 19.1 Å². The Balaban J connectivity index is 1.45. The molecule has 0 aliphatic carbocycles. The molecule has 2 atom stereocenters. The van der Waals surface area contributed by atoms with E-state index < -0.39 is 0 Å². The minimum atomic E-state index is -0.131. The van der Waals surface area contributed by atoms with Crippen molar-refractivity contribution in [3.05, 3.63) is 27.7 Å². The van der Waals surface area contributed by atoms with Gasteiger partial charge in [-0.25, -0.2) is 0 Å². The molecule has 6 heteroatoms. The van der Waals surface area contributed by atoms with Crippen LogP contribution in [-0.4, -0.2) is 38.8 Å². The second-order valence-electron chi connectivity index (χ2n) is 6.75. The highest BCUT2D eigenvalue weighted by Gasteiger charge is 2.32. The summed E-state index contributed by atoms with van der Waals surface area (Å²) in [4.78, 5) is 0. The van der Waals surface area contributed by atoms with Gasteiger partial charge in [0.2, 0.25) is 0 Å². The lowest BCUT2D eigenvalue weighted by Crippen LogP contribution is -2.42. The SMILES string of the molecule is Cc1ccc(OC[C@@H]2CCC(C3OCC(C)CO3)CO2)c(Cl)c1Cl. The molecule has 0 spiro atoms. The summed E-state index contributed by atoms with van der Waals surface area (Å²) in [6.45, 7) is 6.67. The topological polar surface area (TPSA) is 36.9 Å². The van der Waals surface area contributed by atoms with E-state index in [2.05, 4.69) is 6.92 Å². The van der Waals surface area contributed by atoms with Gasteiger partial charge < -0.3 is 18.9 Å². The van der Waals surface area contributed by atoms with Gasteiger partial charge in [0.1, 0.15) is 17.4 Å². The highest BCUT2D eigenvalue weighted by atomic mass is 35.5. The molecule has 2 fully saturated rings. The van der Waals surface area contributed by atoms with Crippen LogP contribution in [0, 0.1) is 18.8 Å². The molecule has 4 nitrogen and oxygen atoms in total. The fourth-order valence-corrected chi connectivity index (χ4v) is 3.40. The van der Waals surface area contributed by atoms with Crippen LogP contribution in [0.25, 0.3) is 0 Å². The number of ether oxygens (including phenoxy) is 4. The van der Waals surface area contributed by atoms with Gasteiger partial charge in [-0.3, -0.25) is 0 Å². The first-order valence-electron chi connectivity index (χ1n) is 8.46. The van der Waals surface area contributed by atoms with Gasteiger partial charge in [0.15, 0.2) is 6.29 Å². The van der Waals surface area contributed by atoms with Crippen molar-refractivity contribution >= 4 is 23.2 Å². The molecule has 0 radical (unpaired) electrons. The predicted octanol–water partition coefficient (Wildman–Crippen LogP) is 4.48. The molecule has 0 bridgehead atoms. The summed E-state index contributed by atoms with van der Waals surface area (Å²) in [5, 5.41) is 1.00. The lowest BCUT2D eigenvalue weighted by molar-refractivity contribution is -0.239. The maximum absolute atomic E-state index is 6.22. The van der Waals surface area contributed by atoms with Crippen LogP contribution in [0.2, 0.25) is 10.0 Å². The maximum Gasteiger partial charge on any atom is 0.162 e. The summed E-state index contributed by atoms with van der Waals surface area (Å²) in [6.07, 6.45) is 1.85. The lowest BCUT2D eigenvalue weighted by Gasteiger charge is -2.36. The first-order valence-corrected chi connectivity index (χ1v) is 9.22. The van der Waals surface area contributed by atoms with Gasteiger partial charge in [0.25, 0.3) is 0 Å². The molecule has 0 saturated carbocycles. The van der Waals surface area contributed by atoms with Gasteiger partial charge in [-0.15, -0.1) is 0 Å². The molecular formula is C18H24Cl2O4. The Morgan fingerprint density at radius 3 is 2.46 bits per heavy atom. The third-order valence-electron chi connectivity index (χ3n) is 4.55. The number of hydrogen-bond acceptors (Lipinski definition) is 4. The van der Waals surface area contributed by atoms with E-state index in [4.69, 9.17) is 42.1 Å². The van der Waals surface area contributed by atoms with Crippen LogP contribution >= 0.6 is 23.2 Å². The Hall–Kier alpha value is -0.520. The molecule has 2 heterocycles. The zero-order valence-corrected chi connectivity index (χ0v) is 15.6. The van der Waals surface area contributed by atoms with E-state index in [9.17, 15) is 0 Å². The second-order valence-corrected chi connectivity index (χ2v) is 7.51. The Morgan fingerprint density at radius 1 is 1.04 bits per heavy atom. The van der Waals surface area contributed by atoms with E-state index >= 15 is 0 Å². The average molecular weight is 375 g/mol. The first kappa shape index (κ1) is 18.3. The molecule has 0 aromatic heterocycles. The van der Waals surface area contributed by atoms with Crippen LogP contribution < -0.4 is 4.74 Å². The Labute approximate surface area is 153 Å². The molecule has 0 N–H and O–H groups in total. The molecule has 1 aromatic carbocycles. The molecule has 134 valence electrons. The Morgan fingerprint density at radius 2 is 1.79 bits per heavy atom. The quantitative estimate of drug-likeness (QED) is 0.777. The van der Waals surface area contributed by atoms with Crippen LogP contribution in [0.3, 0.4) is 0 Å². The van der Waals surface area contributed by atoms with E-state index in [0.29, 0.717) is 40.8 Å². The van der Waals surface area contributed by atoms with Gasteiger partial charge in [0, 0.05) is 11.8 Å². The largest absolute Gasteiger partial charge is 0.489 e.